The summed E-state index contributed by atoms with van der Waals surface area (Å²) < 4.78 is 26.2. The normalized spacial score (nSPS) is 15.8. The topological polar surface area (TPSA) is 69.7 Å². The molecule has 1 aromatic heterocycles. The second kappa shape index (κ2) is 8.08. The Bertz CT molecular complexity index is 890. The van der Waals surface area contributed by atoms with Crippen molar-refractivity contribution < 1.29 is 13.2 Å². The molecule has 6 nitrogen and oxygen atoms in total. The van der Waals surface area contributed by atoms with Crippen molar-refractivity contribution in [3.8, 4) is 0 Å². The van der Waals surface area contributed by atoms with Gasteiger partial charge in [-0.25, -0.2) is 8.42 Å². The van der Waals surface area contributed by atoms with E-state index in [2.05, 4.69) is 37.7 Å². The number of anilines is 1. The highest BCUT2D eigenvalue weighted by atomic mass is 79.9. The number of piperazine rings is 1. The molecule has 0 radical (unpaired) electrons. The fourth-order valence-corrected chi connectivity index (χ4v) is 4.96. The van der Waals surface area contributed by atoms with Gasteiger partial charge in [-0.15, -0.1) is 11.3 Å². The van der Waals surface area contributed by atoms with E-state index in [1.165, 1.54) is 4.88 Å². The van der Waals surface area contributed by atoms with Crippen molar-refractivity contribution in [3.05, 3.63) is 50.6 Å². The van der Waals surface area contributed by atoms with Crippen LogP contribution in [0.15, 0.2) is 40.2 Å². The first-order valence-corrected chi connectivity index (χ1v) is 11.6. The number of hydrogen-bond donors (Lipinski definition) is 1. The summed E-state index contributed by atoms with van der Waals surface area (Å²) in [6.07, 6.45) is 1.09. The summed E-state index contributed by atoms with van der Waals surface area (Å²) in [7, 11) is -3.36. The molecule has 0 saturated carbocycles. The molecule has 0 unspecified atom stereocenters. The molecule has 3 rings (SSSR count). The molecule has 2 heterocycles. The minimum absolute atomic E-state index is 0.0688. The number of sulfonamides is 1. The summed E-state index contributed by atoms with van der Waals surface area (Å²) in [5, 5.41) is 0. The molecule has 0 spiro atoms. The Labute approximate surface area is 166 Å². The number of carbonyl (C=O) groups excluding carboxylic acids is 1. The number of rotatable bonds is 5. The van der Waals surface area contributed by atoms with Gasteiger partial charge in [-0.2, -0.15) is 0 Å². The molecule has 1 aromatic carbocycles. The number of carbonyl (C=O) groups is 1. The van der Waals surface area contributed by atoms with Crippen LogP contribution in [0.1, 0.15) is 15.2 Å². The molecule has 1 fully saturated rings. The SMILES string of the molecule is CS(=O)(=O)Nc1cccc(C(=O)N2CCN(Cc3ccc(Br)s3)CC2)c1. The summed E-state index contributed by atoms with van der Waals surface area (Å²) in [5.41, 5.74) is 0.898. The van der Waals surface area contributed by atoms with Gasteiger partial charge in [0.05, 0.1) is 10.0 Å². The van der Waals surface area contributed by atoms with Crippen LogP contribution < -0.4 is 4.72 Å². The Kier molecular flexibility index (Phi) is 6.01. The number of amides is 1. The molecular formula is C17H20BrN3O3S2. The lowest BCUT2D eigenvalue weighted by atomic mass is 10.1. The second-order valence-corrected chi connectivity index (χ2v) is 10.5. The van der Waals surface area contributed by atoms with E-state index >= 15 is 0 Å². The van der Waals surface area contributed by atoms with Crippen LogP contribution in [0.4, 0.5) is 5.69 Å². The lowest BCUT2D eigenvalue weighted by molar-refractivity contribution is 0.0629. The minimum atomic E-state index is -3.36. The van der Waals surface area contributed by atoms with Gasteiger partial charge in [0.25, 0.3) is 5.91 Å². The van der Waals surface area contributed by atoms with Gasteiger partial charge in [0.2, 0.25) is 10.0 Å². The van der Waals surface area contributed by atoms with Crippen LogP contribution in [0.2, 0.25) is 0 Å². The summed E-state index contributed by atoms with van der Waals surface area (Å²) in [5.74, 6) is -0.0688. The summed E-state index contributed by atoms with van der Waals surface area (Å²) in [6.45, 7) is 3.86. The molecule has 2 aromatic rings. The van der Waals surface area contributed by atoms with E-state index in [1.54, 1.807) is 35.6 Å². The van der Waals surface area contributed by atoms with Crippen molar-refractivity contribution >= 4 is 48.9 Å². The number of nitrogens with zero attached hydrogens (tertiary/aromatic N) is 2. The van der Waals surface area contributed by atoms with Gasteiger partial charge in [0.1, 0.15) is 0 Å². The Morgan fingerprint density at radius 3 is 2.54 bits per heavy atom. The van der Waals surface area contributed by atoms with E-state index in [0.29, 0.717) is 24.3 Å². The van der Waals surface area contributed by atoms with Gasteiger partial charge in [-0.1, -0.05) is 6.07 Å². The van der Waals surface area contributed by atoms with Crippen molar-refractivity contribution in [2.24, 2.45) is 0 Å². The fraction of sp³-hybridized carbons (Fsp3) is 0.353. The number of thiophene rings is 1. The summed E-state index contributed by atoms with van der Waals surface area (Å²) in [4.78, 5) is 18.2. The predicted molar refractivity (Wildman–Crippen MR) is 108 cm³/mol. The molecule has 1 N–H and O–H groups in total. The van der Waals surface area contributed by atoms with E-state index in [9.17, 15) is 13.2 Å². The van der Waals surface area contributed by atoms with Crippen molar-refractivity contribution in [2.75, 3.05) is 37.2 Å². The maximum absolute atomic E-state index is 12.7. The Morgan fingerprint density at radius 2 is 1.92 bits per heavy atom. The first kappa shape index (κ1) is 19.3. The molecule has 0 atom stereocenters. The predicted octanol–water partition coefficient (Wildman–Crippen LogP) is 2.84. The third-order valence-corrected chi connectivity index (χ3v) is 6.30. The zero-order valence-electron chi connectivity index (χ0n) is 14.3. The van der Waals surface area contributed by atoms with E-state index < -0.39 is 10.0 Å². The quantitative estimate of drug-likeness (QED) is 0.748. The van der Waals surface area contributed by atoms with Gasteiger partial charge in [0.15, 0.2) is 0 Å². The fourth-order valence-electron chi connectivity index (χ4n) is 2.88. The van der Waals surface area contributed by atoms with E-state index in [0.717, 1.165) is 29.7 Å². The van der Waals surface area contributed by atoms with Crippen molar-refractivity contribution in [3.63, 3.8) is 0 Å². The zero-order valence-corrected chi connectivity index (χ0v) is 17.5. The zero-order chi connectivity index (χ0) is 18.7. The molecule has 140 valence electrons. The highest BCUT2D eigenvalue weighted by Crippen LogP contribution is 2.24. The first-order valence-electron chi connectivity index (χ1n) is 8.14. The number of benzene rings is 1. The molecule has 0 bridgehead atoms. The molecule has 1 amide bonds. The first-order chi connectivity index (χ1) is 12.3. The van der Waals surface area contributed by atoms with E-state index in [1.807, 2.05) is 4.90 Å². The van der Waals surface area contributed by atoms with Crippen LogP contribution in [0.3, 0.4) is 0 Å². The molecule has 1 saturated heterocycles. The van der Waals surface area contributed by atoms with Crippen molar-refractivity contribution in [1.82, 2.24) is 9.80 Å². The highest BCUT2D eigenvalue weighted by Gasteiger charge is 2.22. The number of nitrogens with one attached hydrogen (secondary N) is 1. The van der Waals surface area contributed by atoms with Crippen molar-refractivity contribution in [2.45, 2.75) is 6.54 Å². The highest BCUT2D eigenvalue weighted by molar-refractivity contribution is 9.11. The molecule has 1 aliphatic rings. The number of halogens is 1. The summed E-state index contributed by atoms with van der Waals surface area (Å²) in [6, 6.07) is 10.8. The molecule has 9 heteroatoms. The van der Waals surface area contributed by atoms with Crippen LogP contribution >= 0.6 is 27.3 Å². The van der Waals surface area contributed by atoms with Crippen LogP contribution in [0.25, 0.3) is 0 Å². The van der Waals surface area contributed by atoms with Gasteiger partial charge in [-0.3, -0.25) is 14.4 Å². The second-order valence-electron chi connectivity index (χ2n) is 6.23. The van der Waals surface area contributed by atoms with Crippen LogP contribution in [0, 0.1) is 0 Å². The van der Waals surface area contributed by atoms with Gasteiger partial charge < -0.3 is 4.90 Å². The third-order valence-electron chi connectivity index (χ3n) is 4.08. The molecule has 26 heavy (non-hydrogen) atoms. The monoisotopic (exact) mass is 457 g/mol. The van der Waals surface area contributed by atoms with Gasteiger partial charge in [-0.05, 0) is 46.3 Å². The largest absolute Gasteiger partial charge is 0.336 e. The molecule has 0 aliphatic carbocycles. The smallest absolute Gasteiger partial charge is 0.254 e. The van der Waals surface area contributed by atoms with Crippen LogP contribution in [-0.2, 0) is 16.6 Å². The van der Waals surface area contributed by atoms with Gasteiger partial charge >= 0.3 is 0 Å². The van der Waals surface area contributed by atoms with E-state index in [-0.39, 0.29) is 5.91 Å². The van der Waals surface area contributed by atoms with Crippen LogP contribution in [0.5, 0.6) is 0 Å². The lowest BCUT2D eigenvalue weighted by Crippen LogP contribution is -2.48. The lowest BCUT2D eigenvalue weighted by Gasteiger charge is -2.34. The molecule has 1 aliphatic heterocycles. The van der Waals surface area contributed by atoms with Gasteiger partial charge in [0, 0.05) is 48.9 Å². The Balaban J connectivity index is 1.59. The summed E-state index contributed by atoms with van der Waals surface area (Å²) >= 11 is 5.21. The Hall–Kier alpha value is -1.42. The molecular weight excluding hydrogens is 438 g/mol. The van der Waals surface area contributed by atoms with E-state index in [4.69, 9.17) is 0 Å². The van der Waals surface area contributed by atoms with Crippen LogP contribution in [-0.4, -0.2) is 56.6 Å². The average Bonchev–Trinajstić information content (AvgIpc) is 2.98. The standard InChI is InChI=1S/C17H20BrN3O3S2/c1-26(23,24)19-14-4-2-3-13(11-14)17(22)21-9-7-20(8-10-21)12-15-5-6-16(18)25-15/h2-6,11,19H,7-10,12H2,1H3. The average molecular weight is 458 g/mol. The minimum Gasteiger partial charge on any atom is -0.336 e. The Morgan fingerprint density at radius 1 is 1.19 bits per heavy atom. The number of hydrogen-bond acceptors (Lipinski definition) is 5. The third kappa shape index (κ3) is 5.29. The van der Waals surface area contributed by atoms with Crippen molar-refractivity contribution in [1.29, 1.82) is 0 Å². The maximum Gasteiger partial charge on any atom is 0.254 e. The maximum atomic E-state index is 12.7.